The Balaban J connectivity index is 1.53. The van der Waals surface area contributed by atoms with E-state index in [1.807, 2.05) is 0 Å². The molecule has 3 amide bonds. The molecule has 0 radical (unpaired) electrons. The van der Waals surface area contributed by atoms with Crippen molar-refractivity contribution in [1.29, 1.82) is 0 Å². The third kappa shape index (κ3) is 3.81. The molecule has 8 nitrogen and oxygen atoms in total. The van der Waals surface area contributed by atoms with Crippen molar-refractivity contribution in [1.82, 2.24) is 10.3 Å². The van der Waals surface area contributed by atoms with E-state index in [4.69, 9.17) is 4.84 Å². The molecule has 1 aromatic heterocycles. The fourth-order valence-corrected chi connectivity index (χ4v) is 2.94. The summed E-state index contributed by atoms with van der Waals surface area (Å²) < 4.78 is 0. The molecule has 2 N–H and O–H groups in total. The second-order valence-electron chi connectivity index (χ2n) is 6.01. The maximum absolute atomic E-state index is 12.0. The lowest BCUT2D eigenvalue weighted by atomic mass is 9.89. The van der Waals surface area contributed by atoms with Crippen molar-refractivity contribution >= 4 is 29.4 Å². The van der Waals surface area contributed by atoms with Gasteiger partial charge in [-0.3, -0.25) is 15.0 Å². The quantitative estimate of drug-likeness (QED) is 0.818. The molecule has 2 heterocycles. The third-order valence-corrected chi connectivity index (χ3v) is 4.31. The number of hydrogen-bond donors (Lipinski definition) is 2. The van der Waals surface area contributed by atoms with Gasteiger partial charge in [-0.1, -0.05) is 19.3 Å². The summed E-state index contributed by atoms with van der Waals surface area (Å²) in [6.07, 6.45) is 6.79. The van der Waals surface area contributed by atoms with Gasteiger partial charge in [0.05, 0.1) is 17.8 Å². The zero-order chi connectivity index (χ0) is 16.9. The van der Waals surface area contributed by atoms with Crippen LogP contribution in [0.4, 0.5) is 16.3 Å². The molecule has 0 unspecified atom stereocenters. The Bertz CT molecular complexity index is 625. The number of rotatable bonds is 4. The summed E-state index contributed by atoms with van der Waals surface area (Å²) in [5.41, 5.74) is 3.13. The van der Waals surface area contributed by atoms with E-state index >= 15 is 0 Å². The Morgan fingerprint density at radius 1 is 1.25 bits per heavy atom. The Morgan fingerprint density at radius 3 is 2.71 bits per heavy atom. The van der Waals surface area contributed by atoms with E-state index in [1.165, 1.54) is 17.5 Å². The zero-order valence-corrected chi connectivity index (χ0v) is 13.3. The van der Waals surface area contributed by atoms with Crippen LogP contribution in [0.25, 0.3) is 0 Å². The number of nitrogens with zero attached hydrogens (tertiary/aromatic N) is 2. The van der Waals surface area contributed by atoms with Crippen molar-refractivity contribution in [3.05, 3.63) is 18.3 Å². The first kappa shape index (κ1) is 16.2. The van der Waals surface area contributed by atoms with Crippen LogP contribution in [0, 0.1) is 5.92 Å². The molecule has 128 valence electrons. The van der Waals surface area contributed by atoms with Crippen LogP contribution in [0.5, 0.6) is 0 Å². The largest absolute Gasteiger partial charge is 0.342 e. The summed E-state index contributed by atoms with van der Waals surface area (Å²) >= 11 is 0. The normalized spacial score (nSPS) is 18.9. The van der Waals surface area contributed by atoms with E-state index in [0.29, 0.717) is 18.1 Å². The molecule has 1 saturated heterocycles. The summed E-state index contributed by atoms with van der Waals surface area (Å²) in [6.45, 7) is 0.315. The number of anilines is 2. The Kier molecular flexibility index (Phi) is 4.93. The lowest BCUT2D eigenvalue weighted by molar-refractivity contribution is -0.146. The van der Waals surface area contributed by atoms with E-state index in [9.17, 15) is 14.4 Å². The average molecular weight is 332 g/mol. The van der Waals surface area contributed by atoms with Gasteiger partial charge in [0.1, 0.15) is 0 Å². The number of nitrogens with one attached hydrogen (secondary N) is 2. The molecule has 1 saturated carbocycles. The van der Waals surface area contributed by atoms with Gasteiger partial charge < -0.3 is 4.84 Å². The molecule has 0 bridgehead atoms. The van der Waals surface area contributed by atoms with Crippen molar-refractivity contribution in [3.8, 4) is 0 Å². The molecule has 24 heavy (non-hydrogen) atoms. The first-order valence-corrected chi connectivity index (χ1v) is 8.17. The molecule has 8 heteroatoms. The second kappa shape index (κ2) is 7.29. The number of aromatic nitrogens is 1. The summed E-state index contributed by atoms with van der Waals surface area (Å²) in [7, 11) is 0. The lowest BCUT2D eigenvalue weighted by Crippen LogP contribution is -2.49. The van der Waals surface area contributed by atoms with E-state index in [2.05, 4.69) is 15.8 Å². The predicted molar refractivity (Wildman–Crippen MR) is 86.0 cm³/mol. The Morgan fingerprint density at radius 2 is 2.04 bits per heavy atom. The molecule has 0 atom stereocenters. The van der Waals surface area contributed by atoms with Gasteiger partial charge in [-0.05, 0) is 25.0 Å². The maximum atomic E-state index is 12.0. The zero-order valence-electron chi connectivity index (χ0n) is 13.3. The van der Waals surface area contributed by atoms with Crippen molar-refractivity contribution in [2.45, 2.75) is 38.5 Å². The molecule has 0 aromatic carbocycles. The number of imide groups is 1. The van der Waals surface area contributed by atoms with Crippen LogP contribution in [0.3, 0.4) is 0 Å². The minimum absolute atomic E-state index is 0.0416. The van der Waals surface area contributed by atoms with Gasteiger partial charge in [-0.2, -0.15) is 0 Å². The minimum Gasteiger partial charge on any atom is -0.342 e. The second-order valence-corrected chi connectivity index (χ2v) is 6.01. The number of pyridine rings is 1. The first-order chi connectivity index (χ1) is 11.6. The molecule has 3 rings (SSSR count). The van der Waals surface area contributed by atoms with Gasteiger partial charge in [0, 0.05) is 13.0 Å². The molecular formula is C16H20N4O4. The fourth-order valence-electron chi connectivity index (χ4n) is 2.94. The van der Waals surface area contributed by atoms with Crippen molar-refractivity contribution in [2.75, 3.05) is 16.9 Å². The van der Waals surface area contributed by atoms with Gasteiger partial charge in [0.15, 0.2) is 5.82 Å². The number of carbonyl (C=O) groups is 3. The van der Waals surface area contributed by atoms with Crippen molar-refractivity contribution in [2.24, 2.45) is 5.92 Å². The van der Waals surface area contributed by atoms with Crippen LogP contribution in [0.2, 0.25) is 0 Å². The van der Waals surface area contributed by atoms with Crippen LogP contribution in [-0.4, -0.2) is 29.4 Å². The maximum Gasteiger partial charge on any atom is 0.335 e. The highest BCUT2D eigenvalue weighted by Crippen LogP contribution is 2.25. The Hall–Kier alpha value is -2.64. The minimum atomic E-state index is -0.461. The van der Waals surface area contributed by atoms with Gasteiger partial charge in [0.25, 0.3) is 0 Å². The molecular weight excluding hydrogens is 312 g/mol. The van der Waals surface area contributed by atoms with Crippen LogP contribution in [-0.2, 0) is 14.4 Å². The highest BCUT2D eigenvalue weighted by Gasteiger charge is 2.25. The first-order valence-electron chi connectivity index (χ1n) is 8.17. The Labute approximate surface area is 139 Å². The summed E-state index contributed by atoms with van der Waals surface area (Å²) in [6, 6.07) is 2.84. The van der Waals surface area contributed by atoms with E-state index in [1.54, 1.807) is 12.1 Å². The number of amides is 3. The molecule has 2 fully saturated rings. The third-order valence-electron chi connectivity index (χ3n) is 4.31. The molecule has 1 aromatic rings. The summed E-state index contributed by atoms with van der Waals surface area (Å²) in [5, 5.41) is 2.25. The standard InChI is InChI=1S/C16H20N4O4/c21-14-8-9-20(16(23)18-14)12-6-7-13(17-10-12)19-24-15(22)11-4-2-1-3-5-11/h6-7,10-11H,1-5,8-9H2,(H,17,19)(H,18,21,23). The van der Waals surface area contributed by atoms with E-state index in [-0.39, 0.29) is 24.2 Å². The average Bonchev–Trinajstić information content (AvgIpc) is 2.61. The molecule has 2 aliphatic rings. The molecule has 1 aliphatic heterocycles. The van der Waals surface area contributed by atoms with Gasteiger partial charge >= 0.3 is 12.0 Å². The molecule has 1 aliphatic carbocycles. The fraction of sp³-hybridized carbons (Fsp3) is 0.500. The lowest BCUT2D eigenvalue weighted by Gasteiger charge is -2.26. The van der Waals surface area contributed by atoms with E-state index in [0.717, 1.165) is 25.7 Å². The van der Waals surface area contributed by atoms with Crippen LogP contribution in [0.15, 0.2) is 18.3 Å². The SMILES string of the molecule is O=C1CCN(c2ccc(NOC(=O)C3CCCCC3)nc2)C(=O)N1. The number of carbonyl (C=O) groups excluding carboxylic acids is 3. The van der Waals surface area contributed by atoms with Crippen molar-refractivity contribution in [3.63, 3.8) is 0 Å². The highest BCUT2D eigenvalue weighted by atomic mass is 16.7. The van der Waals surface area contributed by atoms with Gasteiger partial charge in [-0.15, -0.1) is 0 Å². The number of hydrogen-bond acceptors (Lipinski definition) is 6. The van der Waals surface area contributed by atoms with E-state index < -0.39 is 6.03 Å². The van der Waals surface area contributed by atoms with Gasteiger partial charge in [-0.25, -0.2) is 20.1 Å². The highest BCUT2D eigenvalue weighted by molar-refractivity contribution is 6.05. The topological polar surface area (TPSA) is 101 Å². The summed E-state index contributed by atoms with van der Waals surface area (Å²) in [5.74, 6) is -0.192. The van der Waals surface area contributed by atoms with Crippen molar-refractivity contribution < 1.29 is 19.2 Å². The van der Waals surface area contributed by atoms with Gasteiger partial charge in [0.2, 0.25) is 5.91 Å². The summed E-state index contributed by atoms with van der Waals surface area (Å²) in [4.78, 5) is 45.5. The van der Waals surface area contributed by atoms with Crippen LogP contribution >= 0.6 is 0 Å². The monoisotopic (exact) mass is 332 g/mol. The van der Waals surface area contributed by atoms with Crippen LogP contribution < -0.4 is 15.7 Å². The predicted octanol–water partition coefficient (Wildman–Crippen LogP) is 1.98. The number of urea groups is 1. The smallest absolute Gasteiger partial charge is 0.335 e. The van der Waals surface area contributed by atoms with Crippen LogP contribution in [0.1, 0.15) is 38.5 Å². The molecule has 0 spiro atoms.